The number of thiophene rings is 1. The van der Waals surface area contributed by atoms with Crippen molar-refractivity contribution < 1.29 is 9.18 Å². The lowest BCUT2D eigenvalue weighted by Gasteiger charge is -2.49. The van der Waals surface area contributed by atoms with Crippen LogP contribution in [0.1, 0.15) is 51.7 Å². The molecule has 1 aliphatic carbocycles. The molecule has 4 rings (SSSR count). The van der Waals surface area contributed by atoms with E-state index < -0.39 is 13.8 Å². The number of nitrogens with one attached hydrogen (secondary N) is 1. The third kappa shape index (κ3) is 5.15. The van der Waals surface area contributed by atoms with Gasteiger partial charge in [-0.3, -0.25) is 4.79 Å². The van der Waals surface area contributed by atoms with Crippen molar-refractivity contribution in [3.63, 3.8) is 0 Å². The van der Waals surface area contributed by atoms with Gasteiger partial charge in [0.1, 0.15) is 17.1 Å². The first-order valence-electron chi connectivity index (χ1n) is 11.1. The molecule has 1 saturated carbocycles. The van der Waals surface area contributed by atoms with Crippen LogP contribution in [-0.4, -0.2) is 51.3 Å². The molecule has 0 bridgehead atoms. The summed E-state index contributed by atoms with van der Waals surface area (Å²) < 4.78 is 14.8. The molecule has 1 aromatic carbocycles. The van der Waals surface area contributed by atoms with Gasteiger partial charge in [0.25, 0.3) is 5.91 Å². The fourth-order valence-electron chi connectivity index (χ4n) is 4.22. The molecule has 1 N–H and O–H groups in total. The second-order valence-corrected chi connectivity index (χ2v) is 14.4. The Hall–Kier alpha value is -0.820. The Morgan fingerprint density at radius 3 is 2.34 bits per heavy atom. The maximum atomic E-state index is 15.3. The molecule has 1 amide bonds. The maximum absolute atomic E-state index is 15.3. The minimum absolute atomic E-state index is 0.0387. The molecule has 1 aliphatic rings. The van der Waals surface area contributed by atoms with E-state index in [0.717, 1.165) is 39.4 Å². The summed E-state index contributed by atoms with van der Waals surface area (Å²) in [6, 6.07) is 5.96. The third-order valence-corrected chi connectivity index (χ3v) is 11.0. The number of carbonyl (C=O) groups excluding carboxylic acids is 1. The number of halogens is 2. The Morgan fingerprint density at radius 1 is 1.23 bits per heavy atom. The summed E-state index contributed by atoms with van der Waals surface area (Å²) in [5, 5.41) is 9.45. The molecule has 2 heterocycles. The first-order chi connectivity index (χ1) is 16.1. The number of alkyl halides is 2. The molecule has 12 heteroatoms. The minimum atomic E-state index is -2.12. The highest BCUT2D eigenvalue weighted by Gasteiger charge is 2.52. The summed E-state index contributed by atoms with van der Waals surface area (Å²) in [7, 11) is 17.4. The van der Waals surface area contributed by atoms with Crippen LogP contribution < -0.4 is 5.32 Å². The van der Waals surface area contributed by atoms with Gasteiger partial charge in [0.05, 0.1) is 30.2 Å². The van der Waals surface area contributed by atoms with E-state index >= 15 is 4.39 Å². The third-order valence-electron chi connectivity index (χ3n) is 6.37. The predicted molar refractivity (Wildman–Crippen MR) is 158 cm³/mol. The van der Waals surface area contributed by atoms with Crippen LogP contribution in [0.3, 0.4) is 0 Å². The summed E-state index contributed by atoms with van der Waals surface area (Å²) in [4.78, 5) is 14.4. The SMILES string of the molecule is [B]C(C)(P)C(P)(c1cc(C)c(-n2cc(-c3cc(C(=O)NC4CC4)c(C)s3)nn2)c(C)c1)C([B])(F)I. The van der Waals surface area contributed by atoms with Crippen LogP contribution in [0.4, 0.5) is 4.39 Å². The lowest BCUT2D eigenvalue weighted by atomic mass is 9.65. The van der Waals surface area contributed by atoms with Crippen molar-refractivity contribution in [2.24, 2.45) is 0 Å². The molecule has 3 aromatic rings. The van der Waals surface area contributed by atoms with Gasteiger partial charge < -0.3 is 5.32 Å². The van der Waals surface area contributed by atoms with Crippen LogP contribution in [0, 0.1) is 20.8 Å². The predicted octanol–water partition coefficient (Wildman–Crippen LogP) is 4.87. The van der Waals surface area contributed by atoms with E-state index in [1.54, 1.807) is 34.2 Å². The van der Waals surface area contributed by atoms with Crippen molar-refractivity contribution in [2.75, 3.05) is 0 Å². The van der Waals surface area contributed by atoms with Crippen LogP contribution in [0.2, 0.25) is 0 Å². The molecule has 4 radical (unpaired) electrons. The van der Waals surface area contributed by atoms with Gasteiger partial charge in [0.2, 0.25) is 0 Å². The summed E-state index contributed by atoms with van der Waals surface area (Å²) in [6.45, 7) is 7.55. The first kappa shape index (κ1) is 27.2. The number of aromatic nitrogens is 3. The van der Waals surface area contributed by atoms with Gasteiger partial charge in [-0.05, 0) is 61.4 Å². The Balaban J connectivity index is 1.69. The van der Waals surface area contributed by atoms with E-state index in [4.69, 9.17) is 15.7 Å². The zero-order valence-electron chi connectivity index (χ0n) is 20.0. The zero-order chi connectivity index (χ0) is 25.9. The molecule has 0 saturated heterocycles. The molecular formula is C23H26B2FIN4OP2S. The fraction of sp³-hybridized carbons (Fsp3) is 0.435. The number of amides is 1. The van der Waals surface area contributed by atoms with E-state index in [1.807, 2.05) is 45.2 Å². The Labute approximate surface area is 230 Å². The Morgan fingerprint density at radius 2 is 1.83 bits per heavy atom. The van der Waals surface area contributed by atoms with Crippen molar-refractivity contribution in [3.05, 3.63) is 51.5 Å². The van der Waals surface area contributed by atoms with Gasteiger partial charge in [-0.15, -0.1) is 34.9 Å². The molecule has 1 fully saturated rings. The second kappa shape index (κ2) is 9.49. The minimum Gasteiger partial charge on any atom is -0.349 e. The number of nitrogens with zero attached hydrogens (tertiary/aromatic N) is 3. The van der Waals surface area contributed by atoms with Crippen molar-refractivity contribution in [2.45, 2.75) is 60.4 Å². The smallest absolute Gasteiger partial charge is 0.252 e. The van der Waals surface area contributed by atoms with Gasteiger partial charge >= 0.3 is 0 Å². The number of hydrogen-bond donors (Lipinski definition) is 1. The average molecular weight is 636 g/mol. The zero-order valence-corrected chi connectivity index (χ0v) is 25.3. The van der Waals surface area contributed by atoms with Gasteiger partial charge in [-0.2, -0.15) is 0 Å². The number of hydrogen-bond acceptors (Lipinski definition) is 4. The van der Waals surface area contributed by atoms with E-state index in [-0.39, 0.29) is 5.91 Å². The largest absolute Gasteiger partial charge is 0.349 e. The number of carbonyl (C=O) groups is 1. The van der Waals surface area contributed by atoms with Crippen molar-refractivity contribution in [3.8, 4) is 16.3 Å². The van der Waals surface area contributed by atoms with Crippen molar-refractivity contribution in [1.82, 2.24) is 20.3 Å². The second-order valence-electron chi connectivity index (χ2n) is 9.55. The quantitative estimate of drug-likeness (QED) is 0.175. The van der Waals surface area contributed by atoms with Crippen LogP contribution in [0.5, 0.6) is 0 Å². The topological polar surface area (TPSA) is 59.8 Å². The molecule has 0 spiro atoms. The lowest BCUT2D eigenvalue weighted by molar-refractivity contribution is 0.0951. The van der Waals surface area contributed by atoms with Crippen molar-refractivity contribution in [1.29, 1.82) is 0 Å². The van der Waals surface area contributed by atoms with Crippen LogP contribution >= 0.6 is 52.4 Å². The molecule has 5 unspecified atom stereocenters. The molecule has 5 atom stereocenters. The van der Waals surface area contributed by atoms with E-state index in [1.165, 1.54) is 11.3 Å². The van der Waals surface area contributed by atoms with E-state index in [9.17, 15) is 4.79 Å². The normalized spacial score (nSPS) is 19.0. The van der Waals surface area contributed by atoms with Gasteiger partial charge in [-0.1, -0.05) is 46.9 Å². The van der Waals surface area contributed by atoms with Crippen molar-refractivity contribution >= 4 is 74.0 Å². The average Bonchev–Trinajstić information content (AvgIpc) is 3.25. The Bertz CT molecular complexity index is 1260. The van der Waals surface area contributed by atoms with Crippen LogP contribution in [0.25, 0.3) is 16.3 Å². The van der Waals surface area contributed by atoms with Crippen LogP contribution in [0.15, 0.2) is 24.4 Å². The summed E-state index contributed by atoms with van der Waals surface area (Å²) >= 11 is 3.12. The maximum Gasteiger partial charge on any atom is 0.252 e. The summed E-state index contributed by atoms with van der Waals surface area (Å²) in [5.41, 5.74) is 4.63. The number of aryl methyl sites for hydroxylation is 3. The molecule has 35 heavy (non-hydrogen) atoms. The highest BCUT2D eigenvalue weighted by atomic mass is 127. The summed E-state index contributed by atoms with van der Waals surface area (Å²) in [6.07, 6.45) is 3.94. The number of benzene rings is 1. The molecule has 5 nitrogen and oxygen atoms in total. The summed E-state index contributed by atoms with van der Waals surface area (Å²) in [5.74, 6) is -0.0387. The lowest BCUT2D eigenvalue weighted by Crippen LogP contribution is -2.53. The monoisotopic (exact) mass is 636 g/mol. The van der Waals surface area contributed by atoms with Gasteiger partial charge in [-0.25, -0.2) is 9.07 Å². The molecule has 180 valence electrons. The van der Waals surface area contributed by atoms with Gasteiger partial charge in [0.15, 0.2) is 0 Å². The highest BCUT2D eigenvalue weighted by Crippen LogP contribution is 2.56. The Kier molecular flexibility index (Phi) is 7.38. The molecular weight excluding hydrogens is 610 g/mol. The number of rotatable bonds is 7. The first-order valence-corrected chi connectivity index (χ1v) is 14.2. The van der Waals surface area contributed by atoms with Crippen LogP contribution in [-0.2, 0) is 5.16 Å². The van der Waals surface area contributed by atoms with Gasteiger partial charge in [0, 0.05) is 16.1 Å². The van der Waals surface area contributed by atoms with E-state index in [2.05, 4.69) is 34.1 Å². The molecule has 0 aliphatic heterocycles. The fourth-order valence-corrected chi connectivity index (χ4v) is 6.91. The highest BCUT2D eigenvalue weighted by molar-refractivity contribution is 14.1. The molecule has 2 aromatic heterocycles. The standard InChI is InChI=1S/C23H26B2FIN4OP2S/c1-11-7-14(22(34,21(4,24)33)23(25,26)27)8-12(2)19(11)31-10-17(29-30-31)18-9-16(13(3)35-18)20(32)28-15-5-6-15/h7-10,15H,5-6,33-34H2,1-4H3,(H,28,32). The van der Waals surface area contributed by atoms with E-state index in [0.29, 0.717) is 22.9 Å².